The van der Waals surface area contributed by atoms with Crippen molar-refractivity contribution in [1.29, 1.82) is 0 Å². The van der Waals surface area contributed by atoms with Crippen LogP contribution in [0.1, 0.15) is 25.0 Å². The number of amides is 1. The number of carbonyl (C=O) groups excluding carboxylic acids is 1. The second-order valence-corrected chi connectivity index (χ2v) is 9.01. The molecule has 4 heterocycles. The Hall–Kier alpha value is -2.13. The first-order valence-corrected chi connectivity index (χ1v) is 10.0. The summed E-state index contributed by atoms with van der Waals surface area (Å²) in [7, 11) is -1.97. The van der Waals surface area contributed by atoms with Gasteiger partial charge in [-0.25, -0.2) is 8.42 Å². The SMILES string of the molecule is Cc1oc(-c2ccno2)cc1S(=O)(=O)N1CCC2(CCCN(C)C2=O)C1. The summed E-state index contributed by atoms with van der Waals surface area (Å²) in [5, 5.41) is 3.61. The molecule has 1 unspecified atom stereocenters. The molecule has 2 saturated heterocycles. The molecule has 1 spiro atoms. The molecule has 2 aromatic heterocycles. The average Bonchev–Trinajstić information content (AvgIpc) is 3.32. The number of rotatable bonds is 3. The molecule has 0 aliphatic carbocycles. The van der Waals surface area contributed by atoms with E-state index >= 15 is 0 Å². The fourth-order valence-corrected chi connectivity index (χ4v) is 5.70. The van der Waals surface area contributed by atoms with E-state index in [1.807, 2.05) is 0 Å². The number of hydrogen-bond donors (Lipinski definition) is 0. The van der Waals surface area contributed by atoms with Crippen molar-refractivity contribution in [2.75, 3.05) is 26.7 Å². The zero-order valence-corrected chi connectivity index (χ0v) is 15.6. The maximum absolute atomic E-state index is 13.1. The van der Waals surface area contributed by atoms with Crippen LogP contribution in [0.2, 0.25) is 0 Å². The summed E-state index contributed by atoms with van der Waals surface area (Å²) < 4.78 is 38.3. The van der Waals surface area contributed by atoms with Crippen LogP contribution < -0.4 is 0 Å². The van der Waals surface area contributed by atoms with Gasteiger partial charge in [-0.2, -0.15) is 4.31 Å². The lowest BCUT2D eigenvalue weighted by Gasteiger charge is -2.37. The van der Waals surface area contributed by atoms with Crippen molar-refractivity contribution in [1.82, 2.24) is 14.4 Å². The van der Waals surface area contributed by atoms with Gasteiger partial charge >= 0.3 is 0 Å². The Morgan fingerprint density at radius 2 is 2.04 bits per heavy atom. The Morgan fingerprint density at radius 1 is 1.23 bits per heavy atom. The van der Waals surface area contributed by atoms with E-state index in [-0.39, 0.29) is 17.3 Å². The van der Waals surface area contributed by atoms with Gasteiger partial charge in [0.2, 0.25) is 21.7 Å². The summed E-state index contributed by atoms with van der Waals surface area (Å²) in [6, 6.07) is 3.07. The molecule has 0 N–H and O–H groups in total. The Kier molecular flexibility index (Phi) is 3.96. The third kappa shape index (κ3) is 2.57. The summed E-state index contributed by atoms with van der Waals surface area (Å²) in [4.78, 5) is 14.5. The van der Waals surface area contributed by atoms with Gasteiger partial charge in [0.05, 0.1) is 11.6 Å². The van der Waals surface area contributed by atoms with Crippen molar-refractivity contribution in [3.8, 4) is 11.5 Å². The third-order valence-corrected chi connectivity index (χ3v) is 7.39. The molecule has 0 aromatic carbocycles. The van der Waals surface area contributed by atoms with Crippen molar-refractivity contribution in [2.45, 2.75) is 31.1 Å². The van der Waals surface area contributed by atoms with Crippen LogP contribution in [0, 0.1) is 12.3 Å². The van der Waals surface area contributed by atoms with Gasteiger partial charge in [0.25, 0.3) is 0 Å². The van der Waals surface area contributed by atoms with Crippen molar-refractivity contribution in [2.24, 2.45) is 5.41 Å². The van der Waals surface area contributed by atoms with E-state index in [2.05, 4.69) is 5.16 Å². The molecule has 26 heavy (non-hydrogen) atoms. The first-order valence-electron chi connectivity index (χ1n) is 8.61. The van der Waals surface area contributed by atoms with Crippen LogP contribution in [0.15, 0.2) is 32.2 Å². The first kappa shape index (κ1) is 17.3. The number of carbonyl (C=O) groups is 1. The van der Waals surface area contributed by atoms with Gasteiger partial charge in [0.1, 0.15) is 10.7 Å². The highest BCUT2D eigenvalue weighted by Gasteiger charge is 2.50. The largest absolute Gasteiger partial charge is 0.457 e. The molecule has 4 rings (SSSR count). The highest BCUT2D eigenvalue weighted by atomic mass is 32.2. The minimum atomic E-state index is -3.75. The topological polar surface area (TPSA) is 96.9 Å². The number of likely N-dealkylation sites (tertiary alicyclic amines) is 1. The Bertz CT molecular complexity index is 934. The van der Waals surface area contributed by atoms with Gasteiger partial charge in [-0.1, -0.05) is 5.16 Å². The molecule has 140 valence electrons. The van der Waals surface area contributed by atoms with Gasteiger partial charge in [-0.15, -0.1) is 0 Å². The van der Waals surface area contributed by atoms with E-state index in [4.69, 9.17) is 8.94 Å². The van der Waals surface area contributed by atoms with Crippen LogP contribution in [0.4, 0.5) is 0 Å². The average molecular weight is 379 g/mol. The van der Waals surface area contributed by atoms with Crippen molar-refractivity contribution < 1.29 is 22.2 Å². The van der Waals surface area contributed by atoms with Gasteiger partial charge < -0.3 is 13.8 Å². The standard InChI is InChI=1S/C17H21N3O5S/c1-12-15(10-14(24-12)13-4-7-18-25-13)26(22,23)20-9-6-17(11-20)5-3-8-19(2)16(17)21/h4,7,10H,3,5-6,8-9,11H2,1-2H3. The summed E-state index contributed by atoms with van der Waals surface area (Å²) in [6.45, 7) is 2.90. The van der Waals surface area contributed by atoms with E-state index in [0.29, 0.717) is 30.2 Å². The van der Waals surface area contributed by atoms with Crippen LogP contribution in [-0.2, 0) is 14.8 Å². The van der Waals surface area contributed by atoms with E-state index in [0.717, 1.165) is 19.4 Å². The highest BCUT2D eigenvalue weighted by molar-refractivity contribution is 7.89. The second-order valence-electron chi connectivity index (χ2n) is 7.11. The molecule has 2 fully saturated rings. The lowest BCUT2D eigenvalue weighted by atomic mass is 9.78. The molecule has 0 radical (unpaired) electrons. The predicted octanol–water partition coefficient (Wildman–Crippen LogP) is 1.88. The zero-order valence-electron chi connectivity index (χ0n) is 14.8. The van der Waals surface area contributed by atoms with Crippen molar-refractivity contribution in [3.05, 3.63) is 24.1 Å². The fraction of sp³-hybridized carbons (Fsp3) is 0.529. The second kappa shape index (κ2) is 5.95. The minimum Gasteiger partial charge on any atom is -0.457 e. The van der Waals surface area contributed by atoms with Gasteiger partial charge in [0.15, 0.2) is 5.76 Å². The first-order chi connectivity index (χ1) is 12.3. The maximum atomic E-state index is 13.1. The lowest BCUT2D eigenvalue weighted by Crippen LogP contribution is -2.48. The highest BCUT2D eigenvalue weighted by Crippen LogP contribution is 2.42. The Balaban J connectivity index is 1.63. The molecule has 8 nitrogen and oxygen atoms in total. The maximum Gasteiger partial charge on any atom is 0.246 e. The fourth-order valence-electron chi connectivity index (χ4n) is 4.01. The molecule has 1 amide bonds. The molecular formula is C17H21N3O5S. The number of furan rings is 1. The number of hydrogen-bond acceptors (Lipinski definition) is 6. The van der Waals surface area contributed by atoms with E-state index in [1.165, 1.54) is 16.6 Å². The molecule has 1 atom stereocenters. The molecule has 0 saturated carbocycles. The number of aromatic nitrogens is 1. The number of sulfonamides is 1. The number of nitrogens with zero attached hydrogens (tertiary/aromatic N) is 3. The summed E-state index contributed by atoms with van der Waals surface area (Å²) in [6.07, 6.45) is 3.66. The van der Waals surface area contributed by atoms with Crippen molar-refractivity contribution >= 4 is 15.9 Å². The summed E-state index contributed by atoms with van der Waals surface area (Å²) >= 11 is 0. The number of aryl methyl sites for hydroxylation is 1. The summed E-state index contributed by atoms with van der Waals surface area (Å²) in [5.74, 6) is 1.04. The van der Waals surface area contributed by atoms with E-state index in [1.54, 1.807) is 24.9 Å². The van der Waals surface area contributed by atoms with Crippen LogP contribution in [0.5, 0.6) is 0 Å². The minimum absolute atomic E-state index is 0.0488. The molecule has 2 aliphatic heterocycles. The molecular weight excluding hydrogens is 358 g/mol. The van der Waals surface area contributed by atoms with E-state index < -0.39 is 15.4 Å². The quantitative estimate of drug-likeness (QED) is 0.808. The normalized spacial score (nSPS) is 24.7. The number of piperidine rings is 1. The molecule has 9 heteroatoms. The smallest absolute Gasteiger partial charge is 0.246 e. The van der Waals surface area contributed by atoms with Crippen LogP contribution in [0.3, 0.4) is 0 Å². The molecule has 0 bridgehead atoms. The van der Waals surface area contributed by atoms with Gasteiger partial charge in [0, 0.05) is 38.8 Å². The van der Waals surface area contributed by atoms with Crippen LogP contribution in [0.25, 0.3) is 11.5 Å². The van der Waals surface area contributed by atoms with Crippen LogP contribution >= 0.6 is 0 Å². The Morgan fingerprint density at radius 3 is 2.77 bits per heavy atom. The molecule has 2 aliphatic rings. The predicted molar refractivity (Wildman–Crippen MR) is 91.6 cm³/mol. The third-order valence-electron chi connectivity index (χ3n) is 5.44. The monoisotopic (exact) mass is 379 g/mol. The van der Waals surface area contributed by atoms with Crippen LogP contribution in [-0.4, -0.2) is 55.4 Å². The lowest BCUT2D eigenvalue weighted by molar-refractivity contribution is -0.143. The summed E-state index contributed by atoms with van der Waals surface area (Å²) in [5.41, 5.74) is -0.592. The Labute approximate surface area is 151 Å². The van der Waals surface area contributed by atoms with Gasteiger partial charge in [-0.05, 0) is 26.2 Å². The zero-order chi connectivity index (χ0) is 18.5. The molecule has 2 aromatic rings. The van der Waals surface area contributed by atoms with Crippen molar-refractivity contribution in [3.63, 3.8) is 0 Å². The van der Waals surface area contributed by atoms with Gasteiger partial charge in [-0.3, -0.25) is 4.79 Å². The van der Waals surface area contributed by atoms with E-state index in [9.17, 15) is 13.2 Å².